The van der Waals surface area contributed by atoms with E-state index in [1.54, 1.807) is 25.1 Å². The topological polar surface area (TPSA) is 62.2 Å². The van der Waals surface area contributed by atoms with Crippen molar-refractivity contribution in [3.05, 3.63) is 41.2 Å². The van der Waals surface area contributed by atoms with Crippen LogP contribution in [0.3, 0.4) is 0 Å². The van der Waals surface area contributed by atoms with Crippen molar-refractivity contribution in [1.29, 1.82) is 0 Å². The molecule has 1 heterocycles. The van der Waals surface area contributed by atoms with Crippen LogP contribution in [-0.4, -0.2) is 28.6 Å². The first-order valence-corrected chi connectivity index (χ1v) is 7.06. The smallest absolute Gasteiger partial charge is 0.263 e. The summed E-state index contributed by atoms with van der Waals surface area (Å²) in [5, 5.41) is 12.3. The molecule has 0 saturated heterocycles. The Balaban J connectivity index is 2.06. The maximum absolute atomic E-state index is 13.6. The second-order valence-electron chi connectivity index (χ2n) is 4.40. The molecular weight excluding hydrogens is 279 g/mol. The van der Waals surface area contributed by atoms with Crippen molar-refractivity contribution in [1.82, 2.24) is 10.3 Å². The van der Waals surface area contributed by atoms with Crippen molar-refractivity contribution in [2.24, 2.45) is 0 Å². The number of nitrogens with zero attached hydrogens (tertiary/aromatic N) is 1. The van der Waals surface area contributed by atoms with Gasteiger partial charge in [0.15, 0.2) is 0 Å². The first-order valence-electron chi connectivity index (χ1n) is 6.25. The molecule has 1 aromatic carbocycles. The molecule has 4 nitrogen and oxygen atoms in total. The number of carbonyl (C=O) groups is 1. The average molecular weight is 294 g/mol. The molecule has 2 N–H and O–H groups in total. The lowest BCUT2D eigenvalue weighted by molar-refractivity contribution is 0.0949. The van der Waals surface area contributed by atoms with Gasteiger partial charge in [-0.1, -0.05) is 12.1 Å². The van der Waals surface area contributed by atoms with Crippen LogP contribution in [0.5, 0.6) is 0 Å². The SMILES string of the molecule is CC(O)CCNC(=O)c1cnc(-c2ccccc2F)s1. The molecule has 0 radical (unpaired) electrons. The summed E-state index contributed by atoms with van der Waals surface area (Å²) in [6, 6.07) is 6.32. The van der Waals surface area contributed by atoms with E-state index in [2.05, 4.69) is 10.3 Å². The van der Waals surface area contributed by atoms with E-state index in [-0.39, 0.29) is 11.7 Å². The molecular formula is C14H15FN2O2S. The van der Waals surface area contributed by atoms with Gasteiger partial charge >= 0.3 is 0 Å². The Bertz CT molecular complexity index is 598. The molecule has 6 heteroatoms. The van der Waals surface area contributed by atoms with Gasteiger partial charge in [0.05, 0.1) is 12.3 Å². The lowest BCUT2D eigenvalue weighted by Crippen LogP contribution is -2.25. The zero-order valence-corrected chi connectivity index (χ0v) is 11.8. The van der Waals surface area contributed by atoms with Crippen LogP contribution in [-0.2, 0) is 0 Å². The third-order valence-corrected chi connectivity index (χ3v) is 3.71. The number of thiazole rings is 1. The number of hydrogen-bond donors (Lipinski definition) is 2. The van der Waals surface area contributed by atoms with Gasteiger partial charge in [0, 0.05) is 12.1 Å². The molecule has 0 aliphatic carbocycles. The molecule has 20 heavy (non-hydrogen) atoms. The lowest BCUT2D eigenvalue weighted by atomic mass is 10.2. The summed E-state index contributed by atoms with van der Waals surface area (Å²) in [5.74, 6) is -0.617. The number of aliphatic hydroxyl groups is 1. The maximum atomic E-state index is 13.6. The van der Waals surface area contributed by atoms with Crippen LogP contribution in [0.25, 0.3) is 10.6 Å². The molecule has 1 unspecified atom stereocenters. The summed E-state index contributed by atoms with van der Waals surface area (Å²) in [7, 11) is 0. The van der Waals surface area contributed by atoms with Gasteiger partial charge < -0.3 is 10.4 Å². The van der Waals surface area contributed by atoms with Crippen LogP contribution >= 0.6 is 11.3 Å². The maximum Gasteiger partial charge on any atom is 0.263 e. The zero-order valence-electron chi connectivity index (χ0n) is 11.0. The highest BCUT2D eigenvalue weighted by atomic mass is 32.1. The Kier molecular flexibility index (Phi) is 4.81. The number of benzene rings is 1. The molecule has 0 aliphatic rings. The molecule has 1 atom stereocenters. The molecule has 0 fully saturated rings. The van der Waals surface area contributed by atoms with Gasteiger partial charge in [0.2, 0.25) is 0 Å². The van der Waals surface area contributed by atoms with Crippen molar-refractivity contribution in [2.75, 3.05) is 6.54 Å². The van der Waals surface area contributed by atoms with Crippen LogP contribution in [0, 0.1) is 5.82 Å². The number of halogens is 1. The summed E-state index contributed by atoms with van der Waals surface area (Å²) in [6.45, 7) is 2.05. The average Bonchev–Trinajstić information content (AvgIpc) is 2.88. The summed E-state index contributed by atoms with van der Waals surface area (Å²) in [4.78, 5) is 16.3. The van der Waals surface area contributed by atoms with Crippen molar-refractivity contribution < 1.29 is 14.3 Å². The van der Waals surface area contributed by atoms with Gasteiger partial charge in [0.25, 0.3) is 5.91 Å². The van der Waals surface area contributed by atoms with Gasteiger partial charge in [-0.3, -0.25) is 4.79 Å². The minimum Gasteiger partial charge on any atom is -0.393 e. The minimum absolute atomic E-state index is 0.259. The fraction of sp³-hybridized carbons (Fsp3) is 0.286. The van der Waals surface area contributed by atoms with Gasteiger partial charge in [-0.05, 0) is 25.5 Å². The predicted molar refractivity (Wildman–Crippen MR) is 76.1 cm³/mol. The Morgan fingerprint density at radius 2 is 2.25 bits per heavy atom. The lowest BCUT2D eigenvalue weighted by Gasteiger charge is -2.04. The number of aliphatic hydroxyl groups excluding tert-OH is 1. The molecule has 106 valence electrons. The van der Waals surface area contributed by atoms with Gasteiger partial charge in [0.1, 0.15) is 15.7 Å². The van der Waals surface area contributed by atoms with E-state index in [1.807, 2.05) is 0 Å². The molecule has 0 spiro atoms. The minimum atomic E-state index is -0.453. The van der Waals surface area contributed by atoms with E-state index >= 15 is 0 Å². The highest BCUT2D eigenvalue weighted by molar-refractivity contribution is 7.16. The summed E-state index contributed by atoms with van der Waals surface area (Å²) < 4.78 is 13.6. The van der Waals surface area contributed by atoms with E-state index in [9.17, 15) is 9.18 Å². The fourth-order valence-electron chi connectivity index (χ4n) is 1.62. The van der Waals surface area contributed by atoms with Crippen LogP contribution in [0.2, 0.25) is 0 Å². The highest BCUT2D eigenvalue weighted by Crippen LogP contribution is 2.27. The van der Waals surface area contributed by atoms with Crippen molar-refractivity contribution in [3.8, 4) is 10.6 Å². The second kappa shape index (κ2) is 6.58. The van der Waals surface area contributed by atoms with Gasteiger partial charge in [-0.25, -0.2) is 9.37 Å². The zero-order chi connectivity index (χ0) is 14.5. The van der Waals surface area contributed by atoms with E-state index < -0.39 is 6.10 Å². The first-order chi connectivity index (χ1) is 9.58. The molecule has 1 aromatic heterocycles. The number of carbonyl (C=O) groups excluding carboxylic acids is 1. The highest BCUT2D eigenvalue weighted by Gasteiger charge is 2.13. The van der Waals surface area contributed by atoms with E-state index in [0.717, 1.165) is 11.3 Å². The molecule has 2 rings (SSSR count). The van der Waals surface area contributed by atoms with Crippen molar-refractivity contribution in [3.63, 3.8) is 0 Å². The molecule has 0 saturated carbocycles. The quantitative estimate of drug-likeness (QED) is 0.890. The Morgan fingerprint density at radius 1 is 1.50 bits per heavy atom. The summed E-state index contributed by atoms with van der Waals surface area (Å²) in [5.41, 5.74) is 0.389. The molecule has 0 aliphatic heterocycles. The largest absolute Gasteiger partial charge is 0.393 e. The summed E-state index contributed by atoms with van der Waals surface area (Å²) >= 11 is 1.14. The van der Waals surface area contributed by atoms with Crippen LogP contribution in [0.1, 0.15) is 23.0 Å². The number of hydrogen-bond acceptors (Lipinski definition) is 4. The first kappa shape index (κ1) is 14.6. The van der Waals surface area contributed by atoms with Crippen LogP contribution < -0.4 is 5.32 Å². The predicted octanol–water partition coefficient (Wildman–Crippen LogP) is 2.45. The Labute approximate surface area is 120 Å². The third-order valence-electron chi connectivity index (χ3n) is 2.68. The third kappa shape index (κ3) is 3.61. The fourth-order valence-corrected chi connectivity index (χ4v) is 2.48. The van der Waals surface area contributed by atoms with Gasteiger partial charge in [-0.2, -0.15) is 0 Å². The van der Waals surface area contributed by atoms with E-state index in [4.69, 9.17) is 5.11 Å². The number of amides is 1. The number of nitrogens with one attached hydrogen (secondary N) is 1. The standard InChI is InChI=1S/C14H15FN2O2S/c1-9(18)6-7-16-13(19)12-8-17-14(20-12)10-4-2-3-5-11(10)15/h2-5,8-9,18H,6-7H2,1H3,(H,16,19). The van der Waals surface area contributed by atoms with Crippen molar-refractivity contribution >= 4 is 17.2 Å². The van der Waals surface area contributed by atoms with Crippen LogP contribution in [0.15, 0.2) is 30.5 Å². The van der Waals surface area contributed by atoms with E-state index in [1.165, 1.54) is 12.3 Å². The second-order valence-corrected chi connectivity index (χ2v) is 5.43. The monoisotopic (exact) mass is 294 g/mol. The number of aromatic nitrogens is 1. The molecule has 2 aromatic rings. The van der Waals surface area contributed by atoms with Gasteiger partial charge in [-0.15, -0.1) is 11.3 Å². The van der Waals surface area contributed by atoms with E-state index in [0.29, 0.717) is 28.4 Å². The van der Waals surface area contributed by atoms with Crippen LogP contribution in [0.4, 0.5) is 4.39 Å². The summed E-state index contributed by atoms with van der Waals surface area (Å²) in [6.07, 6.45) is 1.47. The molecule has 0 bridgehead atoms. The Hall–Kier alpha value is -1.79. The molecule has 1 amide bonds. The van der Waals surface area contributed by atoms with Crippen molar-refractivity contribution in [2.45, 2.75) is 19.4 Å². The number of rotatable bonds is 5. The Morgan fingerprint density at radius 3 is 2.95 bits per heavy atom. The normalized spacial score (nSPS) is 12.2.